The lowest BCUT2D eigenvalue weighted by atomic mass is 9.60. The predicted octanol–water partition coefficient (Wildman–Crippen LogP) is 2.06. The van der Waals surface area contributed by atoms with E-state index >= 15 is 0 Å². The Morgan fingerprint density at radius 3 is 2.70 bits per heavy atom. The van der Waals surface area contributed by atoms with E-state index in [0.717, 1.165) is 21.2 Å². The van der Waals surface area contributed by atoms with Crippen LogP contribution in [-0.4, -0.2) is 55.0 Å². The van der Waals surface area contributed by atoms with Crippen LogP contribution >= 0.6 is 11.6 Å². The highest BCUT2D eigenvalue weighted by Crippen LogP contribution is 2.52. The molecule has 1 atom stereocenters. The summed E-state index contributed by atoms with van der Waals surface area (Å²) in [4.78, 5) is 6.44. The molecule has 0 radical (unpaired) electrons. The number of hydrogen-bond donors (Lipinski definition) is 1. The van der Waals surface area contributed by atoms with E-state index in [1.807, 2.05) is 13.0 Å². The van der Waals surface area contributed by atoms with Gasteiger partial charge >= 0.3 is 6.18 Å². The highest BCUT2D eigenvalue weighted by Gasteiger charge is 2.56. The summed E-state index contributed by atoms with van der Waals surface area (Å²) in [5, 5.41) is 9.90. The van der Waals surface area contributed by atoms with Gasteiger partial charge in [-0.2, -0.15) is 22.6 Å². The standard InChI is InChI=1S/C15H18ClF3N6OS/c1-9-2-11(16)25-12(9)13(21-8-22-25)23-5-14(6-23)3-10(4-14)24(27(20)26)7-15(17,18)19/h2,8,10H,3-7,20H2,1H3. The first-order valence-corrected chi connectivity index (χ1v) is 9.87. The highest BCUT2D eigenvalue weighted by atomic mass is 35.5. The van der Waals surface area contributed by atoms with Crippen LogP contribution in [0.2, 0.25) is 5.15 Å². The molecule has 1 aliphatic carbocycles. The molecular formula is C15H18ClF3N6OS. The van der Waals surface area contributed by atoms with Gasteiger partial charge in [-0.05, 0) is 31.4 Å². The van der Waals surface area contributed by atoms with E-state index in [0.29, 0.717) is 31.1 Å². The quantitative estimate of drug-likeness (QED) is 0.818. The summed E-state index contributed by atoms with van der Waals surface area (Å²) >= 11 is 4.02. The Kier molecular flexibility index (Phi) is 4.41. The monoisotopic (exact) mass is 422 g/mol. The van der Waals surface area contributed by atoms with Crippen molar-refractivity contribution in [3.8, 4) is 0 Å². The molecule has 1 aliphatic heterocycles. The molecule has 1 unspecified atom stereocenters. The van der Waals surface area contributed by atoms with E-state index in [2.05, 4.69) is 15.0 Å². The number of fused-ring (bicyclic) bond motifs is 1. The molecule has 3 heterocycles. The minimum atomic E-state index is -4.43. The van der Waals surface area contributed by atoms with Gasteiger partial charge in [0, 0.05) is 24.5 Å². The number of alkyl halides is 3. The topological polar surface area (TPSA) is 79.8 Å². The third kappa shape index (κ3) is 3.30. The van der Waals surface area contributed by atoms with Gasteiger partial charge < -0.3 is 4.90 Å². The third-order valence-electron chi connectivity index (χ3n) is 5.35. The Hall–Kier alpha value is -1.43. The van der Waals surface area contributed by atoms with Crippen LogP contribution in [0.3, 0.4) is 0 Å². The van der Waals surface area contributed by atoms with Gasteiger partial charge in [0.1, 0.15) is 23.5 Å². The van der Waals surface area contributed by atoms with Crippen LogP contribution in [0.5, 0.6) is 0 Å². The number of aromatic nitrogens is 3. The van der Waals surface area contributed by atoms with Gasteiger partial charge in [0.05, 0.1) is 0 Å². The number of aryl methyl sites for hydroxylation is 1. The number of halogens is 4. The first-order chi connectivity index (χ1) is 12.6. The summed E-state index contributed by atoms with van der Waals surface area (Å²) in [6, 6.07) is 1.39. The van der Waals surface area contributed by atoms with Gasteiger partial charge in [-0.3, -0.25) is 0 Å². The molecule has 2 N–H and O–H groups in total. The summed E-state index contributed by atoms with van der Waals surface area (Å²) in [5.74, 6) is 0.762. The summed E-state index contributed by atoms with van der Waals surface area (Å²) in [6.45, 7) is 2.02. The number of anilines is 1. The number of nitrogens with zero attached hydrogens (tertiary/aromatic N) is 5. The van der Waals surface area contributed by atoms with Crippen LogP contribution in [0.4, 0.5) is 19.0 Å². The minimum absolute atomic E-state index is 0.0832. The fourth-order valence-corrected chi connectivity index (χ4v) is 5.23. The Bertz CT molecular complexity index is 905. The Labute approximate surface area is 161 Å². The van der Waals surface area contributed by atoms with Crippen LogP contribution < -0.4 is 10.0 Å². The number of rotatable bonds is 4. The molecule has 2 aliphatic rings. The summed E-state index contributed by atoms with van der Waals surface area (Å²) in [7, 11) is 0. The van der Waals surface area contributed by atoms with Crippen LogP contribution in [-0.2, 0) is 11.2 Å². The number of nitrogens with two attached hydrogens (primary N) is 1. The van der Waals surface area contributed by atoms with Gasteiger partial charge in [0.15, 0.2) is 17.0 Å². The molecule has 27 heavy (non-hydrogen) atoms. The molecule has 7 nitrogen and oxygen atoms in total. The van der Waals surface area contributed by atoms with Crippen LogP contribution in [0.25, 0.3) is 5.52 Å². The van der Waals surface area contributed by atoms with Crippen molar-refractivity contribution in [3.05, 3.63) is 23.1 Å². The van der Waals surface area contributed by atoms with E-state index in [9.17, 15) is 17.4 Å². The smallest absolute Gasteiger partial charge is 0.354 e. The first kappa shape index (κ1) is 18.9. The van der Waals surface area contributed by atoms with Crippen molar-refractivity contribution < 1.29 is 17.4 Å². The molecule has 1 saturated heterocycles. The Balaban J connectivity index is 1.45. The molecule has 0 aromatic carbocycles. The fraction of sp³-hybridized carbons (Fsp3) is 0.600. The van der Waals surface area contributed by atoms with Gasteiger partial charge in [0.25, 0.3) is 0 Å². The molecule has 148 valence electrons. The van der Waals surface area contributed by atoms with Crippen molar-refractivity contribution in [2.45, 2.75) is 32.0 Å². The molecule has 0 amide bonds. The van der Waals surface area contributed by atoms with Crippen molar-refractivity contribution in [3.63, 3.8) is 0 Å². The lowest BCUT2D eigenvalue weighted by Gasteiger charge is -2.60. The predicted molar refractivity (Wildman–Crippen MR) is 95.5 cm³/mol. The molecule has 2 aromatic rings. The summed E-state index contributed by atoms with van der Waals surface area (Å²) in [6.07, 6.45) is -1.93. The molecular weight excluding hydrogens is 405 g/mol. The Morgan fingerprint density at radius 1 is 1.44 bits per heavy atom. The molecule has 1 saturated carbocycles. The third-order valence-corrected chi connectivity index (χ3v) is 6.50. The normalized spacial score (nSPS) is 20.9. The number of hydrogen-bond acceptors (Lipinski definition) is 4. The minimum Gasteiger partial charge on any atom is -0.354 e. The second-order valence-corrected chi connectivity index (χ2v) is 8.79. The maximum absolute atomic E-state index is 12.7. The van der Waals surface area contributed by atoms with Crippen molar-refractivity contribution in [1.82, 2.24) is 18.9 Å². The van der Waals surface area contributed by atoms with Gasteiger partial charge in [0.2, 0.25) is 0 Å². The lowest BCUT2D eigenvalue weighted by Crippen LogP contribution is -2.67. The second kappa shape index (κ2) is 6.29. The maximum atomic E-state index is 12.7. The second-order valence-electron chi connectivity index (χ2n) is 7.38. The maximum Gasteiger partial charge on any atom is 0.402 e. The van der Waals surface area contributed by atoms with Crippen LogP contribution in [0.1, 0.15) is 18.4 Å². The first-order valence-electron chi connectivity index (χ1n) is 8.32. The average Bonchev–Trinajstić information content (AvgIpc) is 2.77. The largest absolute Gasteiger partial charge is 0.402 e. The molecule has 1 spiro atoms. The SMILES string of the molecule is Cc1cc(Cl)n2ncnc(N3CC4(CC(N(CC(F)(F)F)S(N)=O)C4)C3)c12. The van der Waals surface area contributed by atoms with E-state index < -0.39 is 29.9 Å². The van der Waals surface area contributed by atoms with Crippen molar-refractivity contribution >= 4 is 34.1 Å². The summed E-state index contributed by atoms with van der Waals surface area (Å²) < 4.78 is 52.0. The van der Waals surface area contributed by atoms with Gasteiger partial charge in [-0.25, -0.2) is 18.8 Å². The van der Waals surface area contributed by atoms with Crippen molar-refractivity contribution in [2.75, 3.05) is 24.5 Å². The Morgan fingerprint density at radius 2 is 2.11 bits per heavy atom. The molecule has 0 bridgehead atoms. The fourth-order valence-electron chi connectivity index (χ4n) is 4.22. The summed E-state index contributed by atoms with van der Waals surface area (Å²) in [5.41, 5.74) is 1.70. The molecule has 2 fully saturated rings. The molecule has 4 rings (SSSR count). The highest BCUT2D eigenvalue weighted by molar-refractivity contribution is 7.80. The zero-order chi connectivity index (χ0) is 19.6. The van der Waals surface area contributed by atoms with Crippen LogP contribution in [0, 0.1) is 12.3 Å². The van der Waals surface area contributed by atoms with Crippen molar-refractivity contribution in [2.24, 2.45) is 10.6 Å². The zero-order valence-corrected chi connectivity index (χ0v) is 16.0. The van der Waals surface area contributed by atoms with E-state index in [1.54, 1.807) is 4.52 Å². The molecule has 2 aromatic heterocycles. The van der Waals surface area contributed by atoms with E-state index in [4.69, 9.17) is 16.7 Å². The lowest BCUT2D eigenvalue weighted by molar-refractivity contribution is -0.146. The van der Waals surface area contributed by atoms with E-state index in [1.165, 1.54) is 6.33 Å². The molecule has 12 heteroatoms. The van der Waals surface area contributed by atoms with Crippen molar-refractivity contribution in [1.29, 1.82) is 0 Å². The zero-order valence-electron chi connectivity index (χ0n) is 14.4. The van der Waals surface area contributed by atoms with Crippen LogP contribution in [0.15, 0.2) is 12.4 Å². The van der Waals surface area contributed by atoms with Gasteiger partial charge in [-0.1, -0.05) is 11.6 Å². The average molecular weight is 423 g/mol. The van der Waals surface area contributed by atoms with Gasteiger partial charge in [-0.15, -0.1) is 0 Å². The van der Waals surface area contributed by atoms with E-state index in [-0.39, 0.29) is 5.41 Å².